The Balaban J connectivity index is 1.68. The van der Waals surface area contributed by atoms with Crippen LogP contribution >= 0.6 is 0 Å². The largest absolute Gasteiger partial charge is 0.393 e. The van der Waals surface area contributed by atoms with Crippen molar-refractivity contribution < 1.29 is 5.11 Å². The topological polar surface area (TPSA) is 20.2 Å². The molecule has 0 aromatic rings. The van der Waals surface area contributed by atoms with Gasteiger partial charge in [0, 0.05) is 0 Å². The predicted octanol–water partition coefficient (Wildman–Crippen LogP) is 4.00. The first-order valence-corrected chi connectivity index (χ1v) is 7.77. The summed E-state index contributed by atoms with van der Waals surface area (Å²) in [7, 11) is 0. The second-order valence-electron chi connectivity index (χ2n) is 7.55. The molecule has 1 heteroatoms. The summed E-state index contributed by atoms with van der Waals surface area (Å²) in [5.74, 6) is 3.49. The fourth-order valence-corrected chi connectivity index (χ4v) is 5.25. The Bertz CT molecular complexity index is 283. The van der Waals surface area contributed by atoms with Gasteiger partial charge in [0.2, 0.25) is 0 Å². The molecule has 3 aliphatic rings. The third-order valence-electron chi connectivity index (χ3n) is 6.48. The van der Waals surface area contributed by atoms with Crippen molar-refractivity contribution in [1.82, 2.24) is 0 Å². The minimum absolute atomic E-state index is 0.0127. The summed E-state index contributed by atoms with van der Waals surface area (Å²) < 4.78 is 0. The van der Waals surface area contributed by atoms with Gasteiger partial charge in [0.05, 0.1) is 6.10 Å². The highest BCUT2D eigenvalue weighted by Gasteiger charge is 2.52. The molecule has 0 aromatic heterocycles. The third-order valence-corrected chi connectivity index (χ3v) is 6.48. The van der Waals surface area contributed by atoms with Crippen molar-refractivity contribution in [2.45, 2.75) is 71.3 Å². The van der Waals surface area contributed by atoms with Gasteiger partial charge in [0.1, 0.15) is 0 Å². The summed E-state index contributed by atoms with van der Waals surface area (Å²) >= 11 is 0. The Kier molecular flexibility index (Phi) is 3.01. The lowest BCUT2D eigenvalue weighted by atomic mass is 9.64. The van der Waals surface area contributed by atoms with Gasteiger partial charge in [-0.3, -0.25) is 0 Å². The Morgan fingerprint density at radius 2 is 1.82 bits per heavy atom. The Labute approximate surface area is 106 Å². The molecule has 1 nitrogen and oxygen atoms in total. The monoisotopic (exact) mass is 236 g/mol. The molecule has 0 aliphatic heterocycles. The summed E-state index contributed by atoms with van der Waals surface area (Å²) in [5.41, 5.74) is 0.556. The van der Waals surface area contributed by atoms with Crippen molar-refractivity contribution in [1.29, 1.82) is 0 Å². The van der Waals surface area contributed by atoms with Crippen LogP contribution in [0.25, 0.3) is 0 Å². The molecule has 5 atom stereocenters. The van der Waals surface area contributed by atoms with E-state index in [1.54, 1.807) is 0 Å². The van der Waals surface area contributed by atoms with E-state index in [2.05, 4.69) is 13.8 Å². The molecule has 0 heterocycles. The average Bonchev–Trinajstić information content (AvgIpc) is 2.84. The van der Waals surface area contributed by atoms with Crippen LogP contribution in [0.3, 0.4) is 0 Å². The highest BCUT2D eigenvalue weighted by Crippen LogP contribution is 2.61. The lowest BCUT2D eigenvalue weighted by Gasteiger charge is -2.41. The molecule has 3 aliphatic carbocycles. The van der Waals surface area contributed by atoms with E-state index >= 15 is 0 Å². The highest BCUT2D eigenvalue weighted by molar-refractivity contribution is 5.02. The number of aliphatic hydroxyl groups is 1. The van der Waals surface area contributed by atoms with Crippen molar-refractivity contribution in [2.75, 3.05) is 0 Å². The van der Waals surface area contributed by atoms with Crippen LogP contribution in [-0.2, 0) is 0 Å². The van der Waals surface area contributed by atoms with Crippen LogP contribution in [0.2, 0.25) is 0 Å². The lowest BCUT2D eigenvalue weighted by Crippen LogP contribution is -2.35. The summed E-state index contributed by atoms with van der Waals surface area (Å²) in [4.78, 5) is 0. The molecule has 98 valence electrons. The standard InChI is InChI=1S/C16H28O/c1-16(2)13-8-7-11(9-13)14(16)10-12-5-3-4-6-15(12)17/h11-15,17H,3-10H2,1-2H3. The van der Waals surface area contributed by atoms with Crippen LogP contribution in [0, 0.1) is 29.1 Å². The predicted molar refractivity (Wildman–Crippen MR) is 70.7 cm³/mol. The number of fused-ring (bicyclic) bond motifs is 2. The average molecular weight is 236 g/mol. The van der Waals surface area contributed by atoms with Gasteiger partial charge in [-0.1, -0.05) is 26.7 Å². The number of hydrogen-bond donors (Lipinski definition) is 1. The van der Waals surface area contributed by atoms with Gasteiger partial charge in [0.25, 0.3) is 0 Å². The molecule has 0 aromatic carbocycles. The number of aliphatic hydroxyl groups excluding tert-OH is 1. The first-order chi connectivity index (χ1) is 8.09. The van der Waals surface area contributed by atoms with Gasteiger partial charge >= 0.3 is 0 Å². The van der Waals surface area contributed by atoms with E-state index < -0.39 is 0 Å². The second-order valence-corrected chi connectivity index (χ2v) is 7.55. The van der Waals surface area contributed by atoms with Crippen LogP contribution in [0.4, 0.5) is 0 Å². The van der Waals surface area contributed by atoms with E-state index in [-0.39, 0.29) is 6.10 Å². The summed E-state index contributed by atoms with van der Waals surface area (Å²) in [6.45, 7) is 4.99. The molecular weight excluding hydrogens is 208 g/mol. The van der Waals surface area contributed by atoms with Crippen LogP contribution < -0.4 is 0 Å². The molecule has 0 saturated heterocycles. The summed E-state index contributed by atoms with van der Waals surface area (Å²) in [5, 5.41) is 10.2. The SMILES string of the molecule is CC1(C)C2CCC(C2)C1CC1CCCCC1O. The van der Waals surface area contributed by atoms with Gasteiger partial charge in [-0.2, -0.15) is 0 Å². The second kappa shape index (κ2) is 4.26. The molecule has 1 N–H and O–H groups in total. The highest BCUT2D eigenvalue weighted by atomic mass is 16.3. The molecule has 3 fully saturated rings. The van der Waals surface area contributed by atoms with Crippen molar-refractivity contribution in [3.8, 4) is 0 Å². The lowest BCUT2D eigenvalue weighted by molar-refractivity contribution is 0.0233. The first kappa shape index (κ1) is 12.0. The fourth-order valence-electron chi connectivity index (χ4n) is 5.25. The van der Waals surface area contributed by atoms with Gasteiger partial charge in [-0.05, 0) is 67.6 Å². The van der Waals surface area contributed by atoms with Gasteiger partial charge in [-0.25, -0.2) is 0 Å². The maximum Gasteiger partial charge on any atom is 0.0568 e. The van der Waals surface area contributed by atoms with Crippen molar-refractivity contribution >= 4 is 0 Å². The van der Waals surface area contributed by atoms with E-state index in [0.717, 1.165) is 24.2 Å². The number of rotatable bonds is 2. The molecule has 5 unspecified atom stereocenters. The van der Waals surface area contributed by atoms with Crippen LogP contribution in [0.5, 0.6) is 0 Å². The van der Waals surface area contributed by atoms with Crippen molar-refractivity contribution in [3.05, 3.63) is 0 Å². The van der Waals surface area contributed by atoms with E-state index in [0.29, 0.717) is 11.3 Å². The van der Waals surface area contributed by atoms with Gasteiger partial charge in [0.15, 0.2) is 0 Å². The van der Waals surface area contributed by atoms with Gasteiger partial charge in [-0.15, -0.1) is 0 Å². The fraction of sp³-hybridized carbons (Fsp3) is 1.00. The molecule has 0 spiro atoms. The summed E-state index contributed by atoms with van der Waals surface area (Å²) in [6, 6.07) is 0. The molecule has 0 amide bonds. The first-order valence-electron chi connectivity index (χ1n) is 7.77. The van der Waals surface area contributed by atoms with E-state index in [9.17, 15) is 5.11 Å². The molecular formula is C16H28O. The quantitative estimate of drug-likeness (QED) is 0.768. The van der Waals surface area contributed by atoms with E-state index in [1.807, 2.05) is 0 Å². The molecule has 3 rings (SSSR count). The zero-order valence-corrected chi connectivity index (χ0v) is 11.5. The molecule has 0 radical (unpaired) electrons. The Hall–Kier alpha value is -0.0400. The zero-order chi connectivity index (χ0) is 12.0. The van der Waals surface area contributed by atoms with Gasteiger partial charge < -0.3 is 5.11 Å². The number of hydrogen-bond acceptors (Lipinski definition) is 1. The normalized spacial score (nSPS) is 48.5. The molecule has 3 saturated carbocycles. The van der Waals surface area contributed by atoms with E-state index in [1.165, 1.54) is 44.9 Å². The van der Waals surface area contributed by atoms with Crippen molar-refractivity contribution in [3.63, 3.8) is 0 Å². The van der Waals surface area contributed by atoms with Crippen LogP contribution in [-0.4, -0.2) is 11.2 Å². The zero-order valence-electron chi connectivity index (χ0n) is 11.5. The van der Waals surface area contributed by atoms with Crippen LogP contribution in [0.1, 0.15) is 65.2 Å². The van der Waals surface area contributed by atoms with E-state index in [4.69, 9.17) is 0 Å². The van der Waals surface area contributed by atoms with Crippen molar-refractivity contribution in [2.24, 2.45) is 29.1 Å². The minimum atomic E-state index is 0.0127. The summed E-state index contributed by atoms with van der Waals surface area (Å²) in [6.07, 6.45) is 10.7. The Morgan fingerprint density at radius 3 is 2.47 bits per heavy atom. The maximum absolute atomic E-state index is 10.2. The maximum atomic E-state index is 10.2. The van der Waals surface area contributed by atoms with Crippen LogP contribution in [0.15, 0.2) is 0 Å². The smallest absolute Gasteiger partial charge is 0.0568 e. The molecule has 2 bridgehead atoms. The minimum Gasteiger partial charge on any atom is -0.393 e. The third kappa shape index (κ3) is 1.95. The molecule has 17 heavy (non-hydrogen) atoms. The Morgan fingerprint density at radius 1 is 1.06 bits per heavy atom.